The average Bonchev–Trinajstić information content (AvgIpc) is 2.63. The van der Waals surface area contributed by atoms with Gasteiger partial charge in [0, 0.05) is 6.04 Å². The Morgan fingerprint density at radius 3 is 2.22 bits per heavy atom. The molecule has 1 heteroatoms. The Balaban J connectivity index is 2.41. The fraction of sp³-hybridized carbons (Fsp3) is 1.00. The highest BCUT2D eigenvalue weighted by molar-refractivity contribution is 4.78. The lowest BCUT2D eigenvalue weighted by molar-refractivity contribution is 0.277. The third-order valence-electron chi connectivity index (χ3n) is 4.65. The predicted molar refractivity (Wildman–Crippen MR) is 82.0 cm³/mol. The van der Waals surface area contributed by atoms with Gasteiger partial charge in [-0.05, 0) is 37.6 Å². The van der Waals surface area contributed by atoms with Crippen LogP contribution in [0.2, 0.25) is 0 Å². The molecule has 1 rings (SSSR count). The van der Waals surface area contributed by atoms with Crippen LogP contribution in [-0.2, 0) is 0 Å². The van der Waals surface area contributed by atoms with Crippen LogP contribution in [-0.4, -0.2) is 12.6 Å². The number of hydrogen-bond donors (Lipinski definition) is 1. The molecule has 0 amide bonds. The molecule has 2 unspecified atom stereocenters. The van der Waals surface area contributed by atoms with Gasteiger partial charge in [-0.3, -0.25) is 0 Å². The molecule has 0 bridgehead atoms. The maximum Gasteiger partial charge on any atom is 0.00953 e. The summed E-state index contributed by atoms with van der Waals surface area (Å²) in [5.41, 5.74) is 0. The zero-order chi connectivity index (χ0) is 13.2. The lowest BCUT2D eigenvalue weighted by Gasteiger charge is -2.29. The standard InChI is InChI=1S/C17H35N/c1-4-10-15(3)17(18-13-5-2)14-16-11-8-6-7-9-12-16/h15-18H,4-14H2,1-3H3. The monoisotopic (exact) mass is 253 g/mol. The van der Waals surface area contributed by atoms with E-state index in [9.17, 15) is 0 Å². The van der Waals surface area contributed by atoms with Gasteiger partial charge in [0.05, 0.1) is 0 Å². The highest BCUT2D eigenvalue weighted by atomic mass is 14.9. The molecule has 108 valence electrons. The van der Waals surface area contributed by atoms with Gasteiger partial charge in [0.2, 0.25) is 0 Å². The van der Waals surface area contributed by atoms with Gasteiger partial charge in [-0.25, -0.2) is 0 Å². The zero-order valence-corrected chi connectivity index (χ0v) is 13.0. The topological polar surface area (TPSA) is 12.0 Å². The molecule has 0 heterocycles. The molecule has 1 fully saturated rings. The molecule has 0 aromatic rings. The van der Waals surface area contributed by atoms with Crippen molar-refractivity contribution in [3.63, 3.8) is 0 Å². The first-order chi connectivity index (χ1) is 8.77. The van der Waals surface area contributed by atoms with E-state index in [0.717, 1.165) is 17.9 Å². The zero-order valence-electron chi connectivity index (χ0n) is 13.0. The van der Waals surface area contributed by atoms with Crippen molar-refractivity contribution in [2.45, 2.75) is 91.0 Å². The predicted octanol–water partition coefficient (Wildman–Crippen LogP) is 5.15. The van der Waals surface area contributed by atoms with Gasteiger partial charge in [-0.15, -0.1) is 0 Å². The van der Waals surface area contributed by atoms with Crippen molar-refractivity contribution >= 4 is 0 Å². The Bertz CT molecular complexity index is 182. The first-order valence-corrected chi connectivity index (χ1v) is 8.51. The molecule has 1 N–H and O–H groups in total. The van der Waals surface area contributed by atoms with Gasteiger partial charge < -0.3 is 5.32 Å². The number of rotatable bonds is 8. The van der Waals surface area contributed by atoms with Crippen LogP contribution in [0.5, 0.6) is 0 Å². The molecule has 0 radical (unpaired) electrons. The maximum absolute atomic E-state index is 3.82. The van der Waals surface area contributed by atoms with E-state index in [2.05, 4.69) is 26.1 Å². The Labute approximate surface area is 115 Å². The lowest BCUT2D eigenvalue weighted by atomic mass is 9.85. The summed E-state index contributed by atoms with van der Waals surface area (Å²) in [7, 11) is 0. The second-order valence-corrected chi connectivity index (χ2v) is 6.42. The van der Waals surface area contributed by atoms with E-state index < -0.39 is 0 Å². The van der Waals surface area contributed by atoms with Crippen molar-refractivity contribution in [3.05, 3.63) is 0 Å². The van der Waals surface area contributed by atoms with Crippen LogP contribution in [0.15, 0.2) is 0 Å². The molecule has 1 saturated carbocycles. The van der Waals surface area contributed by atoms with Crippen LogP contribution in [0.25, 0.3) is 0 Å². The van der Waals surface area contributed by atoms with Crippen molar-refractivity contribution in [3.8, 4) is 0 Å². The van der Waals surface area contributed by atoms with Gasteiger partial charge in [0.25, 0.3) is 0 Å². The van der Waals surface area contributed by atoms with Gasteiger partial charge >= 0.3 is 0 Å². The van der Waals surface area contributed by atoms with Gasteiger partial charge in [-0.1, -0.05) is 65.7 Å². The van der Waals surface area contributed by atoms with E-state index in [1.54, 1.807) is 0 Å². The van der Waals surface area contributed by atoms with Crippen LogP contribution < -0.4 is 5.32 Å². The highest BCUT2D eigenvalue weighted by Crippen LogP contribution is 2.28. The molecule has 0 aromatic heterocycles. The average molecular weight is 253 g/mol. The molecule has 0 aromatic carbocycles. The molecule has 0 spiro atoms. The Morgan fingerprint density at radius 2 is 1.67 bits per heavy atom. The van der Waals surface area contributed by atoms with Crippen molar-refractivity contribution < 1.29 is 0 Å². The first-order valence-electron chi connectivity index (χ1n) is 8.51. The quantitative estimate of drug-likeness (QED) is 0.590. The minimum Gasteiger partial charge on any atom is -0.314 e. The minimum absolute atomic E-state index is 0.771. The van der Waals surface area contributed by atoms with E-state index in [1.807, 2.05) is 0 Å². The van der Waals surface area contributed by atoms with E-state index in [0.29, 0.717) is 0 Å². The summed E-state index contributed by atoms with van der Waals surface area (Å²) in [6, 6.07) is 0.771. The summed E-state index contributed by atoms with van der Waals surface area (Å²) >= 11 is 0. The molecular weight excluding hydrogens is 218 g/mol. The normalized spacial score (nSPS) is 21.5. The van der Waals surface area contributed by atoms with Crippen LogP contribution in [0.1, 0.15) is 85.0 Å². The number of nitrogens with one attached hydrogen (secondary N) is 1. The second kappa shape index (κ2) is 9.83. The Hall–Kier alpha value is -0.0400. The maximum atomic E-state index is 3.82. The number of hydrogen-bond acceptors (Lipinski definition) is 1. The van der Waals surface area contributed by atoms with Crippen molar-refractivity contribution in [1.82, 2.24) is 5.32 Å². The Kier molecular flexibility index (Phi) is 8.75. The molecule has 0 aliphatic heterocycles. The fourth-order valence-corrected chi connectivity index (χ4v) is 3.46. The fourth-order valence-electron chi connectivity index (χ4n) is 3.46. The summed E-state index contributed by atoms with van der Waals surface area (Å²) in [6.07, 6.45) is 14.3. The molecule has 1 aliphatic rings. The molecule has 0 saturated heterocycles. The van der Waals surface area contributed by atoms with Crippen LogP contribution in [0, 0.1) is 11.8 Å². The molecule has 18 heavy (non-hydrogen) atoms. The van der Waals surface area contributed by atoms with Crippen LogP contribution >= 0.6 is 0 Å². The second-order valence-electron chi connectivity index (χ2n) is 6.42. The van der Waals surface area contributed by atoms with E-state index in [1.165, 1.54) is 70.8 Å². The molecule has 2 atom stereocenters. The summed E-state index contributed by atoms with van der Waals surface area (Å²) in [5.74, 6) is 1.85. The molecular formula is C17H35N. The van der Waals surface area contributed by atoms with Gasteiger partial charge in [0.15, 0.2) is 0 Å². The summed E-state index contributed by atoms with van der Waals surface area (Å²) in [5, 5.41) is 3.82. The summed E-state index contributed by atoms with van der Waals surface area (Å²) in [6.45, 7) is 8.25. The minimum atomic E-state index is 0.771. The summed E-state index contributed by atoms with van der Waals surface area (Å²) < 4.78 is 0. The van der Waals surface area contributed by atoms with Crippen molar-refractivity contribution in [1.29, 1.82) is 0 Å². The van der Waals surface area contributed by atoms with Crippen LogP contribution in [0.3, 0.4) is 0 Å². The third kappa shape index (κ3) is 6.22. The van der Waals surface area contributed by atoms with Gasteiger partial charge in [0.1, 0.15) is 0 Å². The van der Waals surface area contributed by atoms with Crippen LogP contribution in [0.4, 0.5) is 0 Å². The van der Waals surface area contributed by atoms with E-state index in [4.69, 9.17) is 0 Å². The van der Waals surface area contributed by atoms with E-state index >= 15 is 0 Å². The third-order valence-corrected chi connectivity index (χ3v) is 4.65. The van der Waals surface area contributed by atoms with Crippen molar-refractivity contribution in [2.24, 2.45) is 11.8 Å². The smallest absolute Gasteiger partial charge is 0.00953 e. The molecule has 1 nitrogen and oxygen atoms in total. The van der Waals surface area contributed by atoms with E-state index in [-0.39, 0.29) is 0 Å². The first kappa shape index (κ1) is 16.0. The van der Waals surface area contributed by atoms with Crippen molar-refractivity contribution in [2.75, 3.05) is 6.54 Å². The Morgan fingerprint density at radius 1 is 1.00 bits per heavy atom. The van der Waals surface area contributed by atoms with Gasteiger partial charge in [-0.2, -0.15) is 0 Å². The largest absolute Gasteiger partial charge is 0.314 e. The molecule has 1 aliphatic carbocycles. The highest BCUT2D eigenvalue weighted by Gasteiger charge is 2.21. The SMILES string of the molecule is CCCNC(CC1CCCCCC1)C(C)CCC. The lowest BCUT2D eigenvalue weighted by Crippen LogP contribution is -2.37. The summed E-state index contributed by atoms with van der Waals surface area (Å²) in [4.78, 5) is 0.